The molecule has 0 spiro atoms. The third kappa shape index (κ3) is 3.96. The Morgan fingerprint density at radius 2 is 2.06 bits per heavy atom. The molecular weight excluding hydrogens is 230 g/mol. The molecule has 4 heteroatoms. The van der Waals surface area contributed by atoms with E-state index in [1.54, 1.807) is 0 Å². The van der Waals surface area contributed by atoms with Crippen LogP contribution < -0.4 is 5.32 Å². The van der Waals surface area contributed by atoms with E-state index in [-0.39, 0.29) is 10.9 Å². The van der Waals surface area contributed by atoms with Crippen molar-refractivity contribution in [2.24, 2.45) is 0 Å². The SMILES string of the molecule is CC(C)(C)[Si](C)(C)OCC/C=C1\CCNC1=O. The van der Waals surface area contributed by atoms with Crippen molar-refractivity contribution in [1.82, 2.24) is 5.32 Å². The van der Waals surface area contributed by atoms with E-state index >= 15 is 0 Å². The van der Waals surface area contributed by atoms with Crippen LogP contribution in [-0.2, 0) is 9.22 Å². The smallest absolute Gasteiger partial charge is 0.246 e. The van der Waals surface area contributed by atoms with E-state index in [2.05, 4.69) is 39.2 Å². The molecule has 0 radical (unpaired) electrons. The topological polar surface area (TPSA) is 38.3 Å². The van der Waals surface area contributed by atoms with Crippen molar-refractivity contribution in [3.05, 3.63) is 11.6 Å². The Labute approximate surface area is 106 Å². The molecule has 1 saturated heterocycles. The number of carbonyl (C=O) groups is 1. The number of amides is 1. The van der Waals surface area contributed by atoms with E-state index in [1.807, 2.05) is 6.08 Å². The Morgan fingerprint density at radius 3 is 2.53 bits per heavy atom. The summed E-state index contributed by atoms with van der Waals surface area (Å²) >= 11 is 0. The zero-order chi connectivity index (χ0) is 13.1. The van der Waals surface area contributed by atoms with Crippen LogP contribution in [0.2, 0.25) is 18.1 Å². The summed E-state index contributed by atoms with van der Waals surface area (Å²) < 4.78 is 6.05. The predicted octanol–water partition coefficient (Wildman–Crippen LogP) is 2.84. The molecule has 0 aromatic heterocycles. The fourth-order valence-electron chi connectivity index (χ4n) is 1.50. The van der Waals surface area contributed by atoms with Crippen molar-refractivity contribution in [3.63, 3.8) is 0 Å². The van der Waals surface area contributed by atoms with Gasteiger partial charge in [0.15, 0.2) is 8.32 Å². The van der Waals surface area contributed by atoms with Gasteiger partial charge in [-0.2, -0.15) is 0 Å². The molecule has 1 heterocycles. The summed E-state index contributed by atoms with van der Waals surface area (Å²) in [6.07, 6.45) is 3.73. The Kier molecular flexibility index (Phi) is 4.55. The molecule has 1 fully saturated rings. The fourth-order valence-corrected chi connectivity index (χ4v) is 2.56. The molecule has 1 rings (SSSR count). The first-order valence-corrected chi connectivity index (χ1v) is 9.26. The summed E-state index contributed by atoms with van der Waals surface area (Å²) in [5.74, 6) is 0.0947. The van der Waals surface area contributed by atoms with E-state index in [9.17, 15) is 4.79 Å². The Hall–Kier alpha value is -0.613. The molecule has 0 unspecified atom stereocenters. The van der Waals surface area contributed by atoms with Gasteiger partial charge in [0.2, 0.25) is 5.91 Å². The van der Waals surface area contributed by atoms with Crippen LogP contribution in [0.25, 0.3) is 0 Å². The van der Waals surface area contributed by atoms with E-state index in [0.717, 1.165) is 31.6 Å². The standard InChI is InChI=1S/C13H25NO2Si/c1-13(2,3)17(4,5)16-10-6-7-11-8-9-14-12(11)15/h7H,6,8-10H2,1-5H3,(H,14,15)/b11-7+. The van der Waals surface area contributed by atoms with Crippen LogP contribution in [0.1, 0.15) is 33.6 Å². The summed E-state index contributed by atoms with van der Waals surface area (Å²) in [6.45, 7) is 12.7. The molecule has 1 N–H and O–H groups in total. The van der Waals surface area contributed by atoms with Gasteiger partial charge in [-0.1, -0.05) is 26.8 Å². The van der Waals surface area contributed by atoms with E-state index in [4.69, 9.17) is 4.43 Å². The minimum Gasteiger partial charge on any atom is -0.417 e. The van der Waals surface area contributed by atoms with Gasteiger partial charge < -0.3 is 9.74 Å². The van der Waals surface area contributed by atoms with Gasteiger partial charge >= 0.3 is 0 Å². The first-order chi connectivity index (χ1) is 7.74. The number of nitrogens with one attached hydrogen (secondary N) is 1. The summed E-state index contributed by atoms with van der Waals surface area (Å²) in [7, 11) is -1.63. The van der Waals surface area contributed by atoms with Crippen molar-refractivity contribution in [2.75, 3.05) is 13.2 Å². The van der Waals surface area contributed by atoms with Crippen molar-refractivity contribution in [3.8, 4) is 0 Å². The van der Waals surface area contributed by atoms with Crippen LogP contribution in [0.15, 0.2) is 11.6 Å². The molecule has 0 saturated carbocycles. The lowest BCUT2D eigenvalue weighted by Crippen LogP contribution is -2.40. The average molecular weight is 255 g/mol. The Bertz CT molecular complexity index is 316. The molecule has 1 aliphatic rings. The lowest BCUT2D eigenvalue weighted by Gasteiger charge is -2.36. The molecule has 98 valence electrons. The largest absolute Gasteiger partial charge is 0.417 e. The maximum Gasteiger partial charge on any atom is 0.246 e. The zero-order valence-electron chi connectivity index (χ0n) is 11.7. The van der Waals surface area contributed by atoms with Crippen LogP contribution in [0.4, 0.5) is 0 Å². The van der Waals surface area contributed by atoms with Crippen LogP contribution in [0.3, 0.4) is 0 Å². The monoisotopic (exact) mass is 255 g/mol. The summed E-state index contributed by atoms with van der Waals surface area (Å²) in [4.78, 5) is 11.3. The van der Waals surface area contributed by atoms with Gasteiger partial charge in [0, 0.05) is 18.7 Å². The lowest BCUT2D eigenvalue weighted by atomic mass is 10.2. The second-order valence-electron chi connectivity index (χ2n) is 6.13. The van der Waals surface area contributed by atoms with Gasteiger partial charge in [0.25, 0.3) is 0 Å². The third-order valence-electron chi connectivity index (χ3n) is 3.75. The van der Waals surface area contributed by atoms with Crippen molar-refractivity contribution < 1.29 is 9.22 Å². The van der Waals surface area contributed by atoms with Crippen LogP contribution in [-0.4, -0.2) is 27.4 Å². The minimum atomic E-state index is -1.63. The van der Waals surface area contributed by atoms with Gasteiger partial charge in [-0.25, -0.2) is 0 Å². The average Bonchev–Trinajstić information content (AvgIpc) is 2.57. The molecule has 1 aliphatic heterocycles. The highest BCUT2D eigenvalue weighted by Crippen LogP contribution is 2.36. The highest BCUT2D eigenvalue weighted by Gasteiger charge is 2.36. The number of hydrogen-bond donors (Lipinski definition) is 1. The van der Waals surface area contributed by atoms with Crippen molar-refractivity contribution >= 4 is 14.2 Å². The lowest BCUT2D eigenvalue weighted by molar-refractivity contribution is -0.116. The maximum absolute atomic E-state index is 11.3. The summed E-state index contributed by atoms with van der Waals surface area (Å²) in [6, 6.07) is 0. The highest BCUT2D eigenvalue weighted by atomic mass is 28.4. The summed E-state index contributed by atoms with van der Waals surface area (Å²) in [5.41, 5.74) is 0.920. The van der Waals surface area contributed by atoms with E-state index in [0.29, 0.717) is 0 Å². The molecule has 0 aliphatic carbocycles. The van der Waals surface area contributed by atoms with E-state index < -0.39 is 8.32 Å². The van der Waals surface area contributed by atoms with Crippen LogP contribution in [0.5, 0.6) is 0 Å². The number of rotatable bonds is 4. The minimum absolute atomic E-state index is 0.0947. The Morgan fingerprint density at radius 1 is 1.41 bits per heavy atom. The highest BCUT2D eigenvalue weighted by molar-refractivity contribution is 6.74. The van der Waals surface area contributed by atoms with Gasteiger partial charge in [-0.05, 0) is 31.0 Å². The molecule has 1 amide bonds. The zero-order valence-corrected chi connectivity index (χ0v) is 12.7. The second kappa shape index (κ2) is 5.36. The first kappa shape index (κ1) is 14.4. The van der Waals surface area contributed by atoms with Crippen molar-refractivity contribution in [2.45, 2.75) is 51.7 Å². The summed E-state index contributed by atoms with van der Waals surface area (Å²) in [5, 5.41) is 3.07. The Balaban J connectivity index is 2.36. The van der Waals surface area contributed by atoms with Crippen molar-refractivity contribution in [1.29, 1.82) is 0 Å². The number of hydrogen-bond acceptors (Lipinski definition) is 2. The molecule has 3 nitrogen and oxygen atoms in total. The van der Waals surface area contributed by atoms with Gasteiger partial charge in [-0.3, -0.25) is 4.79 Å². The van der Waals surface area contributed by atoms with E-state index in [1.165, 1.54) is 0 Å². The maximum atomic E-state index is 11.3. The molecule has 0 aromatic rings. The molecule has 0 bridgehead atoms. The molecule has 17 heavy (non-hydrogen) atoms. The quantitative estimate of drug-likeness (QED) is 0.476. The molecule has 0 aromatic carbocycles. The second-order valence-corrected chi connectivity index (χ2v) is 10.9. The first-order valence-electron chi connectivity index (χ1n) is 6.35. The van der Waals surface area contributed by atoms with Gasteiger partial charge in [0.1, 0.15) is 0 Å². The molecular formula is C13H25NO2Si. The fraction of sp³-hybridized carbons (Fsp3) is 0.769. The van der Waals surface area contributed by atoms with Crippen LogP contribution in [0, 0.1) is 0 Å². The van der Waals surface area contributed by atoms with Gasteiger partial charge in [0.05, 0.1) is 0 Å². The predicted molar refractivity (Wildman–Crippen MR) is 73.5 cm³/mol. The molecule has 0 atom stereocenters. The van der Waals surface area contributed by atoms with Crippen LogP contribution >= 0.6 is 0 Å². The number of carbonyl (C=O) groups excluding carboxylic acids is 1. The normalized spacial score (nSPS) is 19.8. The third-order valence-corrected chi connectivity index (χ3v) is 8.29. The van der Waals surface area contributed by atoms with Gasteiger partial charge in [-0.15, -0.1) is 0 Å².